The molecule has 8 heteroatoms. The van der Waals surface area contributed by atoms with Crippen molar-refractivity contribution in [3.8, 4) is 5.75 Å². The Morgan fingerprint density at radius 3 is 2.35 bits per heavy atom. The number of rotatable bonds is 6. The van der Waals surface area contributed by atoms with Crippen molar-refractivity contribution in [2.45, 2.75) is 0 Å². The van der Waals surface area contributed by atoms with Gasteiger partial charge in [-0.15, -0.1) is 0 Å². The molecule has 0 atom stereocenters. The van der Waals surface area contributed by atoms with Crippen molar-refractivity contribution in [1.82, 2.24) is 5.43 Å². The van der Waals surface area contributed by atoms with Crippen LogP contribution < -0.4 is 20.8 Å². The van der Waals surface area contributed by atoms with Gasteiger partial charge in [0.2, 0.25) is 0 Å². The summed E-state index contributed by atoms with van der Waals surface area (Å²) in [6.45, 7) is 0. The van der Waals surface area contributed by atoms with Gasteiger partial charge in [-0.2, -0.15) is 5.10 Å². The van der Waals surface area contributed by atoms with Crippen LogP contribution in [0.2, 0.25) is 0 Å². The predicted octanol–water partition coefficient (Wildman–Crippen LogP) is 3.04. The van der Waals surface area contributed by atoms with Gasteiger partial charge in [0.25, 0.3) is 5.91 Å². The highest BCUT2D eigenvalue weighted by molar-refractivity contribution is 6.40. The van der Waals surface area contributed by atoms with E-state index in [0.717, 1.165) is 0 Å². The molecule has 3 aromatic carbocycles. The highest BCUT2D eigenvalue weighted by Crippen LogP contribution is 2.17. The molecule has 0 saturated carbocycles. The van der Waals surface area contributed by atoms with Gasteiger partial charge in [-0.1, -0.05) is 42.5 Å². The molecule has 0 aromatic heterocycles. The summed E-state index contributed by atoms with van der Waals surface area (Å²) in [5.74, 6) is -1.71. The average Bonchev–Trinajstić information content (AvgIpc) is 2.80. The van der Waals surface area contributed by atoms with Crippen LogP contribution in [0, 0.1) is 0 Å². The number of benzene rings is 3. The molecular formula is C23H20N4O4. The highest BCUT2D eigenvalue weighted by Gasteiger charge is 2.17. The first kappa shape index (κ1) is 21.3. The van der Waals surface area contributed by atoms with Crippen LogP contribution in [0.25, 0.3) is 0 Å². The van der Waals surface area contributed by atoms with E-state index in [1.54, 1.807) is 73.8 Å². The van der Waals surface area contributed by atoms with Gasteiger partial charge in [0.15, 0.2) is 0 Å². The third-order valence-electron chi connectivity index (χ3n) is 4.13. The first-order chi connectivity index (χ1) is 15.1. The van der Waals surface area contributed by atoms with E-state index in [9.17, 15) is 14.4 Å². The number of hydrogen-bond acceptors (Lipinski definition) is 5. The van der Waals surface area contributed by atoms with Crippen LogP contribution in [0.15, 0.2) is 84.0 Å². The van der Waals surface area contributed by atoms with Gasteiger partial charge in [0.1, 0.15) is 5.75 Å². The van der Waals surface area contributed by atoms with E-state index in [4.69, 9.17) is 4.74 Å². The Balaban J connectivity index is 1.62. The van der Waals surface area contributed by atoms with Crippen molar-refractivity contribution in [2.24, 2.45) is 5.10 Å². The first-order valence-corrected chi connectivity index (χ1v) is 9.30. The number of carbonyl (C=O) groups is 3. The standard InChI is InChI=1S/C23H20N4O4/c1-31-18-11-7-8-16(14-18)15-24-27-23(30)22(29)26-20-13-6-5-12-19(20)21(28)25-17-9-3-2-4-10-17/h2-15H,1H3,(H,25,28)(H,26,29)(H,27,30). The highest BCUT2D eigenvalue weighted by atomic mass is 16.5. The maximum absolute atomic E-state index is 12.6. The molecule has 3 N–H and O–H groups in total. The fraction of sp³-hybridized carbons (Fsp3) is 0.0435. The summed E-state index contributed by atoms with van der Waals surface area (Å²) in [6.07, 6.45) is 1.38. The van der Waals surface area contributed by atoms with E-state index >= 15 is 0 Å². The smallest absolute Gasteiger partial charge is 0.329 e. The van der Waals surface area contributed by atoms with E-state index < -0.39 is 17.7 Å². The number of methoxy groups -OCH3 is 1. The molecule has 0 aliphatic carbocycles. The molecule has 8 nitrogen and oxygen atoms in total. The largest absolute Gasteiger partial charge is 0.497 e. The van der Waals surface area contributed by atoms with Gasteiger partial charge < -0.3 is 15.4 Å². The Hall–Kier alpha value is -4.46. The zero-order chi connectivity index (χ0) is 22.1. The molecule has 3 aromatic rings. The van der Waals surface area contributed by atoms with Crippen LogP contribution in [-0.4, -0.2) is 31.0 Å². The Kier molecular flexibility index (Phi) is 7.10. The van der Waals surface area contributed by atoms with E-state index in [1.165, 1.54) is 12.3 Å². The van der Waals surface area contributed by atoms with Crippen molar-refractivity contribution in [2.75, 3.05) is 17.7 Å². The van der Waals surface area contributed by atoms with E-state index in [2.05, 4.69) is 21.2 Å². The number of para-hydroxylation sites is 2. The molecule has 0 aliphatic heterocycles. The molecule has 0 unspecified atom stereocenters. The Morgan fingerprint density at radius 2 is 1.58 bits per heavy atom. The fourth-order valence-corrected chi connectivity index (χ4v) is 2.63. The summed E-state index contributed by atoms with van der Waals surface area (Å²) in [5.41, 5.74) is 3.86. The van der Waals surface area contributed by atoms with E-state index in [1.807, 2.05) is 6.07 Å². The third-order valence-corrected chi connectivity index (χ3v) is 4.13. The molecule has 0 saturated heterocycles. The van der Waals surface area contributed by atoms with Crippen LogP contribution in [0.1, 0.15) is 15.9 Å². The molecule has 31 heavy (non-hydrogen) atoms. The lowest BCUT2D eigenvalue weighted by Crippen LogP contribution is -2.33. The molecule has 3 rings (SSSR count). The van der Waals surface area contributed by atoms with Gasteiger partial charge in [-0.3, -0.25) is 14.4 Å². The lowest BCUT2D eigenvalue weighted by atomic mass is 10.1. The zero-order valence-electron chi connectivity index (χ0n) is 16.7. The van der Waals surface area contributed by atoms with E-state index in [-0.39, 0.29) is 11.3 Å². The SMILES string of the molecule is COc1cccc(C=NNC(=O)C(=O)Nc2ccccc2C(=O)Nc2ccccc2)c1. The molecule has 0 fully saturated rings. The molecule has 156 valence electrons. The van der Waals surface area contributed by atoms with Crippen LogP contribution in [-0.2, 0) is 9.59 Å². The third kappa shape index (κ3) is 6.01. The summed E-state index contributed by atoms with van der Waals surface area (Å²) < 4.78 is 5.11. The van der Waals surface area contributed by atoms with Gasteiger partial charge in [-0.05, 0) is 42.0 Å². The number of ether oxygens (including phenoxy) is 1. The van der Waals surface area contributed by atoms with Crippen LogP contribution in [0.3, 0.4) is 0 Å². The number of nitrogens with one attached hydrogen (secondary N) is 3. The minimum atomic E-state index is -0.975. The van der Waals surface area contributed by atoms with Crippen LogP contribution >= 0.6 is 0 Å². The molecular weight excluding hydrogens is 396 g/mol. The van der Waals surface area contributed by atoms with Crippen molar-refractivity contribution < 1.29 is 19.1 Å². The van der Waals surface area contributed by atoms with Crippen molar-refractivity contribution in [3.05, 3.63) is 90.0 Å². The number of nitrogens with zero attached hydrogens (tertiary/aromatic N) is 1. The molecule has 0 bridgehead atoms. The van der Waals surface area contributed by atoms with Gasteiger partial charge in [0, 0.05) is 5.69 Å². The van der Waals surface area contributed by atoms with Crippen molar-refractivity contribution in [1.29, 1.82) is 0 Å². The van der Waals surface area contributed by atoms with E-state index in [0.29, 0.717) is 17.0 Å². The fourth-order valence-electron chi connectivity index (χ4n) is 2.63. The second kappa shape index (κ2) is 10.4. The van der Waals surface area contributed by atoms with Crippen molar-refractivity contribution in [3.63, 3.8) is 0 Å². The normalized spacial score (nSPS) is 10.4. The molecule has 0 aliphatic rings. The molecule has 0 radical (unpaired) electrons. The quantitative estimate of drug-likeness (QED) is 0.326. The Labute approximate surface area is 178 Å². The minimum absolute atomic E-state index is 0.202. The summed E-state index contributed by atoms with van der Waals surface area (Å²) >= 11 is 0. The van der Waals surface area contributed by atoms with Crippen molar-refractivity contribution >= 4 is 35.3 Å². The Morgan fingerprint density at radius 1 is 0.839 bits per heavy atom. The maximum atomic E-state index is 12.6. The summed E-state index contributed by atoms with van der Waals surface area (Å²) in [4.78, 5) is 36.9. The zero-order valence-corrected chi connectivity index (χ0v) is 16.7. The average molecular weight is 416 g/mol. The molecule has 0 spiro atoms. The number of amides is 3. The molecule has 3 amide bonds. The summed E-state index contributed by atoms with van der Waals surface area (Å²) in [5, 5.41) is 8.95. The summed E-state index contributed by atoms with van der Waals surface area (Å²) in [7, 11) is 1.54. The van der Waals surface area contributed by atoms with Crippen LogP contribution in [0.5, 0.6) is 5.75 Å². The number of hydrazone groups is 1. The summed E-state index contributed by atoms with van der Waals surface area (Å²) in [6, 6.07) is 22.3. The lowest BCUT2D eigenvalue weighted by molar-refractivity contribution is -0.136. The number of anilines is 2. The monoisotopic (exact) mass is 416 g/mol. The topological polar surface area (TPSA) is 109 Å². The maximum Gasteiger partial charge on any atom is 0.329 e. The minimum Gasteiger partial charge on any atom is -0.497 e. The molecule has 0 heterocycles. The van der Waals surface area contributed by atoms with Crippen LogP contribution in [0.4, 0.5) is 11.4 Å². The Bertz CT molecular complexity index is 1110. The van der Waals surface area contributed by atoms with Gasteiger partial charge in [-0.25, -0.2) is 5.43 Å². The second-order valence-electron chi connectivity index (χ2n) is 6.30. The number of hydrogen-bond donors (Lipinski definition) is 3. The predicted molar refractivity (Wildman–Crippen MR) is 118 cm³/mol. The lowest BCUT2D eigenvalue weighted by Gasteiger charge is -2.11. The first-order valence-electron chi connectivity index (χ1n) is 9.30. The number of carbonyl (C=O) groups excluding carboxylic acids is 3. The van der Waals surface area contributed by atoms with Gasteiger partial charge >= 0.3 is 11.8 Å². The van der Waals surface area contributed by atoms with Gasteiger partial charge in [0.05, 0.1) is 24.6 Å². The second-order valence-corrected chi connectivity index (χ2v) is 6.30.